The molecule has 0 radical (unpaired) electrons. The third-order valence-corrected chi connectivity index (χ3v) is 8.27. The first kappa shape index (κ1) is 28.9. The Bertz CT molecular complexity index is 1200. The van der Waals surface area contributed by atoms with Crippen LogP contribution in [0.25, 0.3) is 0 Å². The van der Waals surface area contributed by atoms with Gasteiger partial charge in [-0.15, -0.1) is 0 Å². The molecule has 1 aliphatic rings. The fraction of sp³-hybridized carbons (Fsp3) is 0.481. The summed E-state index contributed by atoms with van der Waals surface area (Å²) < 4.78 is 39.9. The number of sulfonamides is 1. The molecular formula is C27H35ClFN3O4S. The van der Waals surface area contributed by atoms with Crippen molar-refractivity contribution in [1.29, 1.82) is 0 Å². The first-order valence-corrected chi connectivity index (χ1v) is 14.8. The van der Waals surface area contributed by atoms with Crippen LogP contribution in [0.1, 0.15) is 56.6 Å². The summed E-state index contributed by atoms with van der Waals surface area (Å²) >= 11 is 6.23. The maximum atomic E-state index is 13.7. The van der Waals surface area contributed by atoms with Gasteiger partial charge in [-0.05, 0) is 61.6 Å². The summed E-state index contributed by atoms with van der Waals surface area (Å²) in [5.41, 5.74) is 1.66. The summed E-state index contributed by atoms with van der Waals surface area (Å²) in [6.07, 6.45) is 6.37. The Balaban J connectivity index is 1.92. The summed E-state index contributed by atoms with van der Waals surface area (Å²) in [4.78, 5) is 28.5. The molecule has 0 spiro atoms. The quantitative estimate of drug-likeness (QED) is 0.459. The van der Waals surface area contributed by atoms with E-state index in [1.54, 1.807) is 31.2 Å². The molecule has 0 saturated heterocycles. The van der Waals surface area contributed by atoms with Crippen molar-refractivity contribution in [3.63, 3.8) is 0 Å². The minimum atomic E-state index is -3.85. The lowest BCUT2D eigenvalue weighted by Crippen LogP contribution is -2.53. The van der Waals surface area contributed by atoms with E-state index in [0.29, 0.717) is 17.0 Å². The molecule has 1 N–H and O–H groups in total. The van der Waals surface area contributed by atoms with Gasteiger partial charge in [-0.25, -0.2) is 12.8 Å². The fourth-order valence-corrected chi connectivity index (χ4v) is 5.62. The molecular weight excluding hydrogens is 517 g/mol. The number of halogens is 2. The van der Waals surface area contributed by atoms with Gasteiger partial charge in [0.1, 0.15) is 18.4 Å². The van der Waals surface area contributed by atoms with Crippen molar-refractivity contribution in [3.8, 4) is 0 Å². The predicted molar refractivity (Wildman–Crippen MR) is 144 cm³/mol. The number of carbonyl (C=O) groups excluding carboxylic acids is 2. The molecule has 37 heavy (non-hydrogen) atoms. The molecule has 202 valence electrons. The normalized spacial score (nSPS) is 15.2. The highest BCUT2D eigenvalue weighted by Gasteiger charge is 2.33. The number of carbonyl (C=O) groups is 2. The zero-order valence-corrected chi connectivity index (χ0v) is 23.1. The van der Waals surface area contributed by atoms with Crippen molar-refractivity contribution < 1.29 is 22.4 Å². The highest BCUT2D eigenvalue weighted by atomic mass is 35.5. The second kappa shape index (κ2) is 12.7. The van der Waals surface area contributed by atoms with E-state index in [4.69, 9.17) is 11.6 Å². The number of hydrogen-bond acceptors (Lipinski definition) is 4. The lowest BCUT2D eigenvalue weighted by Gasteiger charge is -2.34. The molecule has 0 heterocycles. The van der Waals surface area contributed by atoms with Gasteiger partial charge in [-0.2, -0.15) is 0 Å². The molecule has 0 unspecified atom stereocenters. The van der Waals surface area contributed by atoms with Crippen LogP contribution in [0, 0.1) is 12.7 Å². The van der Waals surface area contributed by atoms with E-state index < -0.39 is 34.3 Å². The molecule has 1 fully saturated rings. The van der Waals surface area contributed by atoms with Gasteiger partial charge in [0.25, 0.3) is 0 Å². The van der Waals surface area contributed by atoms with Gasteiger partial charge in [0.05, 0.1) is 11.9 Å². The van der Waals surface area contributed by atoms with Crippen LogP contribution in [0.3, 0.4) is 0 Å². The number of amides is 2. The van der Waals surface area contributed by atoms with Gasteiger partial charge < -0.3 is 10.2 Å². The lowest BCUT2D eigenvalue weighted by molar-refractivity contribution is -0.140. The second-order valence-electron chi connectivity index (χ2n) is 9.62. The molecule has 2 amide bonds. The predicted octanol–water partition coefficient (Wildman–Crippen LogP) is 4.81. The summed E-state index contributed by atoms with van der Waals surface area (Å²) in [5.74, 6) is -1.23. The zero-order chi connectivity index (χ0) is 27.2. The smallest absolute Gasteiger partial charge is 0.244 e. The van der Waals surface area contributed by atoms with Gasteiger partial charge in [0.2, 0.25) is 21.8 Å². The van der Waals surface area contributed by atoms with Gasteiger partial charge in [-0.1, -0.05) is 56.0 Å². The van der Waals surface area contributed by atoms with Crippen LogP contribution in [-0.2, 0) is 26.2 Å². The summed E-state index contributed by atoms with van der Waals surface area (Å²) in [6, 6.07) is 9.70. The van der Waals surface area contributed by atoms with Crippen LogP contribution < -0.4 is 9.62 Å². The molecule has 10 heteroatoms. The minimum absolute atomic E-state index is 0.0297. The average molecular weight is 552 g/mol. The minimum Gasteiger partial charge on any atom is -0.352 e. The summed E-state index contributed by atoms with van der Waals surface area (Å²) in [7, 11) is -3.85. The van der Waals surface area contributed by atoms with Crippen LogP contribution in [0.4, 0.5) is 10.1 Å². The lowest BCUT2D eigenvalue weighted by atomic mass is 9.95. The molecule has 1 aliphatic carbocycles. The Kier molecular flexibility index (Phi) is 9.95. The SMILES string of the molecule is CC[C@@H](C(=O)NC1CCCCC1)N(Cc1ccc(F)cc1)C(=O)CN(c1ccc(C)c(Cl)c1)S(C)(=O)=O. The molecule has 0 aromatic heterocycles. The number of anilines is 1. The van der Waals surface area contributed by atoms with Crippen molar-refractivity contribution in [1.82, 2.24) is 10.2 Å². The zero-order valence-electron chi connectivity index (χ0n) is 21.5. The number of rotatable bonds is 10. The first-order chi connectivity index (χ1) is 17.5. The van der Waals surface area contributed by atoms with Crippen LogP contribution in [-0.4, -0.2) is 50.0 Å². The van der Waals surface area contributed by atoms with E-state index in [1.807, 2.05) is 6.92 Å². The Labute approximate surface area is 224 Å². The second-order valence-corrected chi connectivity index (χ2v) is 11.9. The van der Waals surface area contributed by atoms with Crippen molar-refractivity contribution >= 4 is 39.1 Å². The van der Waals surface area contributed by atoms with Gasteiger partial charge in [0.15, 0.2) is 0 Å². The molecule has 2 aromatic rings. The van der Waals surface area contributed by atoms with Crippen LogP contribution in [0.2, 0.25) is 5.02 Å². The van der Waals surface area contributed by atoms with Gasteiger partial charge >= 0.3 is 0 Å². The van der Waals surface area contributed by atoms with Crippen LogP contribution in [0.15, 0.2) is 42.5 Å². The van der Waals surface area contributed by atoms with E-state index in [-0.39, 0.29) is 24.2 Å². The maximum absolute atomic E-state index is 13.7. The molecule has 7 nitrogen and oxygen atoms in total. The summed E-state index contributed by atoms with van der Waals surface area (Å²) in [6.45, 7) is 3.13. The number of nitrogens with zero attached hydrogens (tertiary/aromatic N) is 2. The van der Waals surface area contributed by atoms with E-state index in [2.05, 4.69) is 5.32 Å². The Morgan fingerprint density at radius 3 is 2.32 bits per heavy atom. The number of nitrogens with one attached hydrogen (secondary N) is 1. The Morgan fingerprint density at radius 2 is 1.76 bits per heavy atom. The van der Waals surface area contributed by atoms with Gasteiger partial charge in [-0.3, -0.25) is 13.9 Å². The number of aryl methyl sites for hydroxylation is 1. The van der Waals surface area contributed by atoms with Crippen molar-refractivity contribution in [2.45, 2.75) is 71.0 Å². The molecule has 0 aliphatic heterocycles. The van der Waals surface area contributed by atoms with E-state index >= 15 is 0 Å². The third-order valence-electron chi connectivity index (χ3n) is 6.73. The monoisotopic (exact) mass is 551 g/mol. The van der Waals surface area contributed by atoms with E-state index in [9.17, 15) is 22.4 Å². The van der Waals surface area contributed by atoms with E-state index in [1.165, 1.54) is 23.1 Å². The van der Waals surface area contributed by atoms with Crippen molar-refractivity contribution in [2.24, 2.45) is 0 Å². The standard InChI is InChI=1S/C27H35ClFN3O4S/c1-4-25(27(34)30-22-8-6-5-7-9-22)31(17-20-11-13-21(29)14-12-20)26(33)18-32(37(3,35)36)23-15-10-19(2)24(28)16-23/h10-16,22,25H,4-9,17-18H2,1-3H3,(H,30,34)/t25-/m0/s1. The topological polar surface area (TPSA) is 86.8 Å². The highest BCUT2D eigenvalue weighted by molar-refractivity contribution is 7.92. The van der Waals surface area contributed by atoms with E-state index in [0.717, 1.165) is 48.2 Å². The molecule has 1 atom stereocenters. The average Bonchev–Trinajstić information content (AvgIpc) is 2.85. The highest BCUT2D eigenvalue weighted by Crippen LogP contribution is 2.26. The molecule has 2 aromatic carbocycles. The van der Waals surface area contributed by atoms with Crippen molar-refractivity contribution in [2.75, 3.05) is 17.1 Å². The summed E-state index contributed by atoms with van der Waals surface area (Å²) in [5, 5.41) is 3.46. The number of hydrogen-bond donors (Lipinski definition) is 1. The molecule has 3 rings (SSSR count). The maximum Gasteiger partial charge on any atom is 0.244 e. The van der Waals surface area contributed by atoms with Gasteiger partial charge in [0, 0.05) is 17.6 Å². The fourth-order valence-electron chi connectivity index (χ4n) is 4.60. The Hall–Kier alpha value is -2.65. The van der Waals surface area contributed by atoms with Crippen LogP contribution in [0.5, 0.6) is 0 Å². The molecule has 1 saturated carbocycles. The van der Waals surface area contributed by atoms with Crippen LogP contribution >= 0.6 is 11.6 Å². The molecule has 0 bridgehead atoms. The Morgan fingerprint density at radius 1 is 1.11 bits per heavy atom. The first-order valence-electron chi connectivity index (χ1n) is 12.6. The number of benzene rings is 2. The largest absolute Gasteiger partial charge is 0.352 e. The van der Waals surface area contributed by atoms with Crippen molar-refractivity contribution in [3.05, 3.63) is 64.4 Å². The third kappa shape index (κ3) is 7.92.